The first kappa shape index (κ1) is 21.2. The zero-order valence-electron chi connectivity index (χ0n) is 18.2. The fourth-order valence-electron chi connectivity index (χ4n) is 3.51. The van der Waals surface area contributed by atoms with E-state index < -0.39 is 0 Å². The number of rotatable bonds is 9. The number of ether oxygens (including phenoxy) is 3. The third-order valence-corrected chi connectivity index (χ3v) is 5.18. The molecular weight excluding hydrogens is 400 g/mol. The largest absolute Gasteiger partial charge is 0.493 e. The van der Waals surface area contributed by atoms with Gasteiger partial charge in [-0.05, 0) is 40.1 Å². The summed E-state index contributed by atoms with van der Waals surface area (Å²) in [5, 5.41) is 6.71. The van der Waals surface area contributed by atoms with Gasteiger partial charge >= 0.3 is 0 Å². The van der Waals surface area contributed by atoms with Gasteiger partial charge in [0, 0.05) is 5.56 Å². The van der Waals surface area contributed by atoms with Crippen LogP contribution in [0.4, 0.5) is 0 Å². The maximum absolute atomic E-state index is 6.15. The number of hydrazone groups is 1. The molecule has 0 saturated carbocycles. The van der Waals surface area contributed by atoms with Crippen LogP contribution in [0.15, 0.2) is 90.0 Å². The van der Waals surface area contributed by atoms with Crippen LogP contribution in [0, 0.1) is 0 Å². The Morgan fingerprint density at radius 3 is 2.31 bits per heavy atom. The number of methoxy groups -OCH3 is 2. The molecule has 0 aliphatic carbocycles. The van der Waals surface area contributed by atoms with Crippen LogP contribution in [0.3, 0.4) is 0 Å². The Morgan fingerprint density at radius 1 is 0.750 bits per heavy atom. The third kappa shape index (κ3) is 5.01. The summed E-state index contributed by atoms with van der Waals surface area (Å²) >= 11 is 0. The van der Waals surface area contributed by atoms with Crippen LogP contribution in [-0.2, 0) is 13.2 Å². The molecule has 0 atom stereocenters. The zero-order chi connectivity index (χ0) is 22.2. The highest BCUT2D eigenvalue weighted by Gasteiger charge is 2.08. The smallest absolute Gasteiger partial charge is 0.161 e. The number of nitrogens with zero attached hydrogens (tertiary/aromatic N) is 1. The van der Waals surface area contributed by atoms with Crippen molar-refractivity contribution in [2.75, 3.05) is 14.2 Å². The fourth-order valence-corrected chi connectivity index (χ4v) is 3.51. The lowest BCUT2D eigenvalue weighted by molar-refractivity contribution is 0.306. The van der Waals surface area contributed by atoms with Crippen molar-refractivity contribution in [2.45, 2.75) is 13.2 Å². The topological polar surface area (TPSA) is 52.1 Å². The van der Waals surface area contributed by atoms with E-state index in [-0.39, 0.29) is 0 Å². The van der Waals surface area contributed by atoms with Crippen LogP contribution in [-0.4, -0.2) is 20.4 Å². The SMILES string of the molecule is COc1ccc(CN/N=C/c2c(OCc3ccccc3)ccc3ccccc23)cc1OC. The van der Waals surface area contributed by atoms with Gasteiger partial charge in [0.05, 0.1) is 27.0 Å². The standard InChI is InChI=1S/C27H26N2O3/c1-30-26-14-12-21(16-27(26)31-2)17-28-29-18-24-23-11-7-6-10-22(23)13-15-25(24)32-19-20-8-4-3-5-9-20/h3-16,18,28H,17,19H2,1-2H3/b29-18+. The van der Waals surface area contributed by atoms with Gasteiger partial charge in [-0.2, -0.15) is 5.10 Å². The Bertz CT molecular complexity index is 1210. The van der Waals surface area contributed by atoms with E-state index in [1.807, 2.05) is 60.8 Å². The van der Waals surface area contributed by atoms with E-state index in [1.165, 1.54) is 0 Å². The van der Waals surface area contributed by atoms with Crippen molar-refractivity contribution in [1.29, 1.82) is 0 Å². The highest BCUT2D eigenvalue weighted by Crippen LogP contribution is 2.28. The molecule has 162 valence electrons. The lowest BCUT2D eigenvalue weighted by atomic mass is 10.0. The van der Waals surface area contributed by atoms with Gasteiger partial charge in [0.15, 0.2) is 11.5 Å². The molecule has 0 unspecified atom stereocenters. The van der Waals surface area contributed by atoms with Gasteiger partial charge in [-0.1, -0.05) is 66.7 Å². The Hall–Kier alpha value is -3.99. The predicted octanol–water partition coefficient (Wildman–Crippen LogP) is 5.56. The number of hydrogen-bond acceptors (Lipinski definition) is 5. The molecule has 0 aliphatic heterocycles. The van der Waals surface area contributed by atoms with Crippen molar-refractivity contribution in [3.8, 4) is 17.2 Å². The summed E-state index contributed by atoms with van der Waals surface area (Å²) in [6.45, 7) is 1.06. The van der Waals surface area contributed by atoms with E-state index in [4.69, 9.17) is 14.2 Å². The molecule has 0 saturated heterocycles. The van der Waals surface area contributed by atoms with Crippen molar-refractivity contribution in [3.05, 3.63) is 102 Å². The molecule has 0 radical (unpaired) electrons. The molecule has 5 nitrogen and oxygen atoms in total. The molecule has 0 aliphatic rings. The summed E-state index contributed by atoms with van der Waals surface area (Å²) in [4.78, 5) is 0. The Kier molecular flexibility index (Phi) is 6.88. The summed E-state index contributed by atoms with van der Waals surface area (Å²) in [5.74, 6) is 2.20. The highest BCUT2D eigenvalue weighted by molar-refractivity contribution is 6.02. The fraction of sp³-hybridized carbons (Fsp3) is 0.148. The monoisotopic (exact) mass is 426 g/mol. The van der Waals surface area contributed by atoms with Crippen LogP contribution in [0.5, 0.6) is 17.2 Å². The summed E-state index contributed by atoms with van der Waals surface area (Å²) < 4.78 is 16.8. The lowest BCUT2D eigenvalue weighted by Gasteiger charge is -2.12. The van der Waals surface area contributed by atoms with Crippen LogP contribution in [0.1, 0.15) is 16.7 Å². The van der Waals surface area contributed by atoms with Gasteiger partial charge in [0.25, 0.3) is 0 Å². The van der Waals surface area contributed by atoms with Crippen molar-refractivity contribution in [3.63, 3.8) is 0 Å². The lowest BCUT2D eigenvalue weighted by Crippen LogP contribution is -2.07. The van der Waals surface area contributed by atoms with E-state index in [0.717, 1.165) is 33.2 Å². The second-order valence-electron chi connectivity index (χ2n) is 7.26. The maximum Gasteiger partial charge on any atom is 0.161 e. The average Bonchev–Trinajstić information content (AvgIpc) is 2.86. The van der Waals surface area contributed by atoms with Gasteiger partial charge in [-0.3, -0.25) is 0 Å². The van der Waals surface area contributed by atoms with E-state index in [1.54, 1.807) is 14.2 Å². The van der Waals surface area contributed by atoms with Crippen LogP contribution >= 0.6 is 0 Å². The number of hydrogen-bond donors (Lipinski definition) is 1. The molecule has 4 rings (SSSR count). The molecule has 4 aromatic carbocycles. The summed E-state index contributed by atoms with van der Waals surface area (Å²) in [6.07, 6.45) is 1.82. The first-order valence-electron chi connectivity index (χ1n) is 10.4. The first-order chi connectivity index (χ1) is 15.8. The Balaban J connectivity index is 1.52. The summed E-state index contributed by atoms with van der Waals surface area (Å²) in [5.41, 5.74) is 6.23. The third-order valence-electron chi connectivity index (χ3n) is 5.18. The van der Waals surface area contributed by atoms with Gasteiger partial charge in [0.1, 0.15) is 12.4 Å². The number of nitrogens with one attached hydrogen (secondary N) is 1. The van der Waals surface area contributed by atoms with Crippen LogP contribution in [0.25, 0.3) is 10.8 Å². The quantitative estimate of drug-likeness (QED) is 0.281. The Morgan fingerprint density at radius 2 is 1.50 bits per heavy atom. The maximum atomic E-state index is 6.15. The van der Waals surface area contributed by atoms with Crippen molar-refractivity contribution in [2.24, 2.45) is 5.10 Å². The second-order valence-corrected chi connectivity index (χ2v) is 7.26. The van der Waals surface area contributed by atoms with Crippen molar-refractivity contribution >= 4 is 17.0 Å². The molecule has 1 N–H and O–H groups in total. The number of benzene rings is 4. The van der Waals surface area contributed by atoms with E-state index in [9.17, 15) is 0 Å². The normalized spacial score (nSPS) is 10.9. The summed E-state index contributed by atoms with van der Waals surface area (Å²) in [7, 11) is 3.26. The van der Waals surface area contributed by atoms with E-state index in [0.29, 0.717) is 24.7 Å². The molecule has 0 aromatic heterocycles. The molecule has 32 heavy (non-hydrogen) atoms. The minimum absolute atomic E-state index is 0.499. The molecule has 0 amide bonds. The van der Waals surface area contributed by atoms with Crippen molar-refractivity contribution in [1.82, 2.24) is 5.43 Å². The predicted molar refractivity (Wildman–Crippen MR) is 129 cm³/mol. The van der Waals surface area contributed by atoms with E-state index >= 15 is 0 Å². The van der Waals surface area contributed by atoms with Gasteiger partial charge in [0.2, 0.25) is 0 Å². The highest BCUT2D eigenvalue weighted by atomic mass is 16.5. The van der Waals surface area contributed by atoms with Crippen molar-refractivity contribution < 1.29 is 14.2 Å². The van der Waals surface area contributed by atoms with Gasteiger partial charge in [-0.15, -0.1) is 0 Å². The van der Waals surface area contributed by atoms with Crippen LogP contribution in [0.2, 0.25) is 0 Å². The Labute approximate surface area is 188 Å². The van der Waals surface area contributed by atoms with Gasteiger partial charge in [-0.25, -0.2) is 0 Å². The molecular formula is C27H26N2O3. The minimum Gasteiger partial charge on any atom is -0.493 e. The van der Waals surface area contributed by atoms with Gasteiger partial charge < -0.3 is 19.6 Å². The molecule has 0 bridgehead atoms. The number of fused-ring (bicyclic) bond motifs is 1. The van der Waals surface area contributed by atoms with Crippen LogP contribution < -0.4 is 19.6 Å². The first-order valence-corrected chi connectivity index (χ1v) is 10.4. The van der Waals surface area contributed by atoms with E-state index in [2.05, 4.69) is 40.9 Å². The molecule has 0 spiro atoms. The molecule has 5 heteroatoms. The second kappa shape index (κ2) is 10.4. The molecule has 0 heterocycles. The average molecular weight is 427 g/mol. The minimum atomic E-state index is 0.499. The molecule has 4 aromatic rings. The summed E-state index contributed by atoms with van der Waals surface area (Å²) in [6, 6.07) is 28.3. The zero-order valence-corrected chi connectivity index (χ0v) is 18.2. The molecule has 0 fully saturated rings.